The SMILES string of the molecule is CCOC(=O)c1cc(N([N+](=O)[O-])S(=O)(=O)c2ccccc2C)ccc1Oc1cncc(Cl)c1. The van der Waals surface area contributed by atoms with Crippen LogP contribution >= 0.6 is 11.6 Å². The van der Waals surface area contributed by atoms with Crippen molar-refractivity contribution in [2.75, 3.05) is 11.0 Å². The summed E-state index contributed by atoms with van der Waals surface area (Å²) < 4.78 is 36.9. The van der Waals surface area contributed by atoms with Crippen LogP contribution in [-0.2, 0) is 14.8 Å². The lowest BCUT2D eigenvalue weighted by Gasteiger charge is -2.17. The van der Waals surface area contributed by atoms with Gasteiger partial charge in [-0.25, -0.2) is 14.9 Å². The van der Waals surface area contributed by atoms with E-state index in [1.54, 1.807) is 13.0 Å². The van der Waals surface area contributed by atoms with Gasteiger partial charge in [0, 0.05) is 16.7 Å². The van der Waals surface area contributed by atoms with Crippen molar-refractivity contribution in [1.82, 2.24) is 4.98 Å². The molecule has 0 saturated heterocycles. The molecule has 10 nitrogen and oxygen atoms in total. The number of nitrogens with zero attached hydrogens (tertiary/aromatic N) is 3. The Balaban J connectivity index is 2.13. The number of aromatic nitrogens is 1. The summed E-state index contributed by atoms with van der Waals surface area (Å²) in [4.78, 5) is 28.0. The molecule has 0 aliphatic heterocycles. The van der Waals surface area contributed by atoms with Gasteiger partial charge < -0.3 is 9.47 Å². The van der Waals surface area contributed by atoms with Gasteiger partial charge in [0.2, 0.25) is 0 Å². The van der Waals surface area contributed by atoms with Crippen LogP contribution in [0.25, 0.3) is 0 Å². The van der Waals surface area contributed by atoms with Gasteiger partial charge in [-0.3, -0.25) is 4.98 Å². The van der Waals surface area contributed by atoms with Crippen LogP contribution in [-0.4, -0.2) is 31.0 Å². The molecule has 0 aliphatic carbocycles. The number of hydrazine groups is 1. The van der Waals surface area contributed by atoms with Crippen LogP contribution < -0.4 is 9.15 Å². The molecule has 3 aromatic rings. The Bertz CT molecular complexity index is 1310. The Morgan fingerprint density at radius 1 is 1.18 bits per heavy atom. The number of pyridine rings is 1. The number of benzene rings is 2. The summed E-state index contributed by atoms with van der Waals surface area (Å²) in [6.45, 7) is 3.11. The molecule has 3 rings (SSSR count). The van der Waals surface area contributed by atoms with Crippen molar-refractivity contribution >= 4 is 33.3 Å². The van der Waals surface area contributed by atoms with E-state index < -0.39 is 21.0 Å². The Morgan fingerprint density at radius 3 is 2.55 bits per heavy atom. The first kappa shape index (κ1) is 24.0. The summed E-state index contributed by atoms with van der Waals surface area (Å²) in [5.74, 6) is -0.696. The van der Waals surface area contributed by atoms with Crippen LogP contribution in [0.1, 0.15) is 22.8 Å². The molecule has 33 heavy (non-hydrogen) atoms. The number of halogens is 1. The molecule has 2 aromatic carbocycles. The Kier molecular flexibility index (Phi) is 7.14. The zero-order chi connectivity index (χ0) is 24.2. The zero-order valence-corrected chi connectivity index (χ0v) is 19.0. The van der Waals surface area contributed by atoms with Crippen LogP contribution in [0.4, 0.5) is 5.69 Å². The highest BCUT2D eigenvalue weighted by atomic mass is 35.5. The molecule has 0 unspecified atom stereocenters. The zero-order valence-electron chi connectivity index (χ0n) is 17.5. The summed E-state index contributed by atoms with van der Waals surface area (Å²) in [6.07, 6.45) is 2.73. The first-order valence-electron chi connectivity index (χ1n) is 9.50. The van der Waals surface area contributed by atoms with E-state index in [4.69, 9.17) is 21.1 Å². The minimum absolute atomic E-state index is 0.00276. The number of esters is 1. The summed E-state index contributed by atoms with van der Waals surface area (Å²) >= 11 is 5.90. The molecular weight excluding hydrogens is 474 g/mol. The monoisotopic (exact) mass is 491 g/mol. The molecule has 0 spiro atoms. The standard InChI is InChI=1S/C21H18ClN3O7S/c1-3-31-21(26)18-11-16(8-9-19(18)32-17-10-15(22)12-23-13-17)24(25(27)28)33(29,30)20-7-5-4-6-14(20)2/h4-13H,3H2,1-2H3. The molecule has 12 heteroatoms. The highest BCUT2D eigenvalue weighted by Crippen LogP contribution is 2.33. The second kappa shape index (κ2) is 9.84. The smallest absolute Gasteiger partial charge is 0.342 e. The molecule has 0 radical (unpaired) electrons. The number of ether oxygens (including phenoxy) is 2. The molecule has 0 amide bonds. The van der Waals surface area contributed by atoms with Crippen molar-refractivity contribution in [3.8, 4) is 11.5 Å². The topological polar surface area (TPSA) is 129 Å². The van der Waals surface area contributed by atoms with Crippen molar-refractivity contribution in [2.45, 2.75) is 18.7 Å². The molecule has 172 valence electrons. The maximum Gasteiger partial charge on any atom is 0.342 e. The van der Waals surface area contributed by atoms with Crippen LogP contribution in [0.5, 0.6) is 11.5 Å². The van der Waals surface area contributed by atoms with Crippen molar-refractivity contribution in [3.05, 3.63) is 87.2 Å². The van der Waals surface area contributed by atoms with E-state index in [1.807, 2.05) is 0 Å². The van der Waals surface area contributed by atoms with Crippen molar-refractivity contribution in [1.29, 1.82) is 0 Å². The first-order chi connectivity index (χ1) is 15.6. The summed E-state index contributed by atoms with van der Waals surface area (Å²) in [6, 6.07) is 10.7. The molecule has 1 heterocycles. The van der Waals surface area contributed by atoms with E-state index in [2.05, 4.69) is 4.98 Å². The fourth-order valence-corrected chi connectivity index (χ4v) is 4.57. The normalized spacial score (nSPS) is 11.0. The van der Waals surface area contributed by atoms with Gasteiger partial charge in [0.25, 0.3) is 0 Å². The highest BCUT2D eigenvalue weighted by Gasteiger charge is 2.37. The van der Waals surface area contributed by atoms with Gasteiger partial charge in [-0.05, 0) is 43.7 Å². The van der Waals surface area contributed by atoms with Crippen molar-refractivity contribution in [2.24, 2.45) is 0 Å². The predicted molar refractivity (Wildman–Crippen MR) is 120 cm³/mol. The van der Waals surface area contributed by atoms with Crippen LogP contribution in [0.15, 0.2) is 65.8 Å². The van der Waals surface area contributed by atoms with E-state index in [0.29, 0.717) is 5.56 Å². The maximum atomic E-state index is 13.1. The Morgan fingerprint density at radius 2 is 1.91 bits per heavy atom. The van der Waals surface area contributed by atoms with E-state index in [0.717, 1.165) is 12.1 Å². The lowest BCUT2D eigenvalue weighted by Crippen LogP contribution is -2.36. The second-order valence-corrected chi connectivity index (χ2v) is 8.77. The number of sulfonamides is 1. The third-order valence-corrected chi connectivity index (χ3v) is 6.35. The summed E-state index contributed by atoms with van der Waals surface area (Å²) in [7, 11) is -4.60. The molecule has 1 aromatic heterocycles. The number of nitro groups is 1. The largest absolute Gasteiger partial charge is 0.462 e. The maximum absolute atomic E-state index is 13.1. The minimum atomic E-state index is -4.60. The number of hydrogen-bond donors (Lipinski definition) is 0. The quantitative estimate of drug-likeness (QED) is 0.257. The van der Waals surface area contributed by atoms with Crippen molar-refractivity contribution < 1.29 is 27.7 Å². The average molecular weight is 492 g/mol. The number of carbonyl (C=O) groups excluding carboxylic acids is 1. The lowest BCUT2D eigenvalue weighted by molar-refractivity contribution is -0.474. The van der Waals surface area contributed by atoms with Crippen LogP contribution in [0.2, 0.25) is 5.02 Å². The highest BCUT2D eigenvalue weighted by molar-refractivity contribution is 7.92. The van der Waals surface area contributed by atoms with Gasteiger partial charge >= 0.3 is 16.0 Å². The second-order valence-electron chi connectivity index (χ2n) is 6.59. The molecule has 0 bridgehead atoms. The third kappa shape index (κ3) is 5.21. The Hall–Kier alpha value is -3.70. The first-order valence-corrected chi connectivity index (χ1v) is 11.3. The number of carbonyl (C=O) groups is 1. The van der Waals surface area contributed by atoms with E-state index in [9.17, 15) is 23.3 Å². The molecular formula is C21H18ClN3O7S. The number of aryl methyl sites for hydroxylation is 1. The summed E-state index contributed by atoms with van der Waals surface area (Å²) in [5.41, 5.74) is -0.285. The average Bonchev–Trinajstić information content (AvgIpc) is 2.74. The van der Waals surface area contributed by atoms with E-state index >= 15 is 0 Å². The lowest BCUT2D eigenvalue weighted by atomic mass is 10.2. The molecule has 0 fully saturated rings. The summed E-state index contributed by atoms with van der Waals surface area (Å²) in [5, 5.41) is 11.0. The molecule has 0 saturated carbocycles. The number of anilines is 1. The minimum Gasteiger partial charge on any atom is -0.462 e. The fraction of sp³-hybridized carbons (Fsp3) is 0.143. The molecule has 0 aliphatic rings. The van der Waals surface area contributed by atoms with E-state index in [-0.39, 0.29) is 43.7 Å². The fourth-order valence-electron chi connectivity index (χ4n) is 2.93. The van der Waals surface area contributed by atoms with E-state index in [1.165, 1.54) is 49.6 Å². The van der Waals surface area contributed by atoms with Gasteiger partial charge in [0.15, 0.2) is 5.03 Å². The van der Waals surface area contributed by atoms with Gasteiger partial charge in [0.05, 0.1) is 22.7 Å². The van der Waals surface area contributed by atoms with Crippen molar-refractivity contribution in [3.63, 3.8) is 0 Å². The number of rotatable bonds is 8. The Labute approximate surface area is 194 Å². The van der Waals surface area contributed by atoms with Gasteiger partial charge in [0.1, 0.15) is 22.7 Å². The van der Waals surface area contributed by atoms with Gasteiger partial charge in [-0.1, -0.05) is 29.8 Å². The van der Waals surface area contributed by atoms with Gasteiger partial charge in [-0.2, -0.15) is 8.42 Å². The predicted octanol–water partition coefficient (Wildman–Crippen LogP) is 4.40. The van der Waals surface area contributed by atoms with Gasteiger partial charge in [-0.15, -0.1) is 0 Å². The third-order valence-electron chi connectivity index (χ3n) is 4.33. The number of hydrogen-bond acceptors (Lipinski definition) is 8. The van der Waals surface area contributed by atoms with Crippen LogP contribution in [0, 0.1) is 17.0 Å². The molecule has 0 N–H and O–H groups in total. The van der Waals surface area contributed by atoms with Crippen LogP contribution in [0.3, 0.4) is 0 Å². The molecule has 0 atom stereocenters.